The number of hydrogen-bond acceptors (Lipinski definition) is 22. The van der Waals surface area contributed by atoms with Crippen molar-refractivity contribution < 1.29 is 104 Å². The summed E-state index contributed by atoms with van der Waals surface area (Å²) in [7, 11) is 0. The Morgan fingerprint density at radius 2 is 1.25 bits per heavy atom. The standard InChI is InChI=1S/C42H46O22/c1-16-28(49)37(62-41-35(56)33(54)30(51)25(61-41)15-57-26(48)11-4-17-2-7-19(44)8-3-17)39(64-40-34(55)32(53)29(50)24(14-43)60-40)42(58-16)63-38-31(52)27-22(47)12-21(46)13-23(27)59-36(38)18-5-9-20(45)10-6-18/h2-13,16,24-25,28-30,32-35,37,39-47,49-51,53-56H,14-15H2,1H3/b11-4+/t16-,24+,25+,28-,29+,30+,32-,33-,34+,35+,37+,39+,40-,41-,42-/m0/s1. The largest absolute Gasteiger partial charge is 0.508 e. The van der Waals surface area contributed by atoms with Crippen molar-refractivity contribution in [1.82, 2.24) is 0 Å². The number of carbonyl (C=O) groups excluding carboxylic acids is 1. The first kappa shape index (κ1) is 46.5. The molecule has 0 amide bonds. The molecule has 0 bridgehead atoms. The van der Waals surface area contributed by atoms with E-state index in [1.165, 1.54) is 61.5 Å². The SMILES string of the molecule is C[C@@H]1O[C@@H](Oc2c(-c3ccc(O)cc3)oc3cc(O)cc(O)c3c2=O)[C@H](O[C@@H]2O[C@H](CO)[C@@H](O)[C@H](O)[C@H]2O)[C@H](O[C@@H]2O[C@H](COC(=O)/C=C/c3ccc(O)cc3)[C@@H](O)[C@H](O)[C@H]2O)[C@H]1O. The van der Waals surface area contributed by atoms with Gasteiger partial charge in [0.1, 0.15) is 102 Å². The highest BCUT2D eigenvalue weighted by molar-refractivity contribution is 5.88. The van der Waals surface area contributed by atoms with E-state index >= 15 is 0 Å². The maximum Gasteiger partial charge on any atom is 0.330 e. The molecule has 15 atom stereocenters. The summed E-state index contributed by atoms with van der Waals surface area (Å²) in [5, 5.41) is 126. The lowest BCUT2D eigenvalue weighted by atomic mass is 9.96. The molecule has 12 N–H and O–H groups in total. The zero-order chi connectivity index (χ0) is 46.1. The Morgan fingerprint density at radius 3 is 1.88 bits per heavy atom. The van der Waals surface area contributed by atoms with Gasteiger partial charge in [0.2, 0.25) is 17.5 Å². The van der Waals surface area contributed by atoms with Gasteiger partial charge in [0.15, 0.2) is 24.4 Å². The summed E-state index contributed by atoms with van der Waals surface area (Å²) in [5.41, 5.74) is -0.725. The van der Waals surface area contributed by atoms with Gasteiger partial charge in [-0.1, -0.05) is 12.1 Å². The Balaban J connectivity index is 1.23. The maximum atomic E-state index is 14.3. The minimum Gasteiger partial charge on any atom is -0.508 e. The summed E-state index contributed by atoms with van der Waals surface area (Å²) >= 11 is 0. The number of rotatable bonds is 12. The molecule has 3 aromatic carbocycles. The van der Waals surface area contributed by atoms with Crippen LogP contribution in [-0.4, -0.2) is 173 Å². The molecule has 7 rings (SSSR count). The fraction of sp³-hybridized carbons (Fsp3) is 0.429. The quantitative estimate of drug-likeness (QED) is 0.0563. The van der Waals surface area contributed by atoms with Crippen LogP contribution < -0.4 is 10.2 Å². The van der Waals surface area contributed by atoms with Gasteiger partial charge in [0.05, 0.1) is 12.7 Å². The molecular weight excluding hydrogens is 856 g/mol. The maximum absolute atomic E-state index is 14.3. The first-order valence-electron chi connectivity index (χ1n) is 19.7. The Bertz CT molecular complexity index is 2330. The van der Waals surface area contributed by atoms with Crippen molar-refractivity contribution >= 4 is 23.0 Å². The minimum atomic E-state index is -2.08. The topological polar surface area (TPSA) is 355 Å². The predicted octanol–water partition coefficient (Wildman–Crippen LogP) is -1.60. The molecule has 64 heavy (non-hydrogen) atoms. The van der Waals surface area contributed by atoms with Crippen LogP contribution in [0.1, 0.15) is 12.5 Å². The van der Waals surface area contributed by atoms with E-state index in [1.54, 1.807) is 0 Å². The molecule has 0 radical (unpaired) electrons. The lowest BCUT2D eigenvalue weighted by Gasteiger charge is -2.48. The summed E-state index contributed by atoms with van der Waals surface area (Å²) in [4.78, 5) is 26.9. The lowest BCUT2D eigenvalue weighted by molar-refractivity contribution is -0.382. The van der Waals surface area contributed by atoms with Crippen LogP contribution in [0.5, 0.6) is 28.7 Å². The first-order valence-corrected chi connectivity index (χ1v) is 19.7. The van der Waals surface area contributed by atoms with E-state index in [1.807, 2.05) is 0 Å². The summed E-state index contributed by atoms with van der Waals surface area (Å²) in [6, 6.07) is 12.9. The predicted molar refractivity (Wildman–Crippen MR) is 212 cm³/mol. The second-order valence-corrected chi connectivity index (χ2v) is 15.3. The summed E-state index contributed by atoms with van der Waals surface area (Å²) in [5.74, 6) is -3.35. The molecular formula is C42H46O22. The number of esters is 1. The monoisotopic (exact) mass is 902 g/mol. The van der Waals surface area contributed by atoms with Gasteiger partial charge >= 0.3 is 5.97 Å². The smallest absolute Gasteiger partial charge is 0.330 e. The number of carbonyl (C=O) groups is 1. The highest BCUT2D eigenvalue weighted by atomic mass is 16.8. The Kier molecular flexibility index (Phi) is 14.1. The number of benzene rings is 3. The van der Waals surface area contributed by atoms with E-state index in [9.17, 15) is 70.9 Å². The minimum absolute atomic E-state index is 0.000787. The van der Waals surface area contributed by atoms with E-state index in [0.29, 0.717) is 5.56 Å². The van der Waals surface area contributed by atoms with Crippen molar-refractivity contribution in [3.63, 3.8) is 0 Å². The average molecular weight is 903 g/mol. The van der Waals surface area contributed by atoms with Gasteiger partial charge in [0.25, 0.3) is 0 Å². The zero-order valence-corrected chi connectivity index (χ0v) is 33.5. The Hall–Kier alpha value is -5.44. The fourth-order valence-electron chi connectivity index (χ4n) is 7.29. The molecule has 4 aromatic rings. The number of aromatic hydroxyl groups is 4. The molecule has 346 valence electrons. The number of phenolic OH excluding ortho intramolecular Hbond substituents is 4. The van der Waals surface area contributed by atoms with Crippen LogP contribution in [0.4, 0.5) is 0 Å². The molecule has 0 unspecified atom stereocenters. The van der Waals surface area contributed by atoms with Crippen molar-refractivity contribution in [2.24, 2.45) is 0 Å². The molecule has 3 saturated heterocycles. The van der Waals surface area contributed by atoms with E-state index in [0.717, 1.165) is 18.2 Å². The molecule has 22 heteroatoms. The van der Waals surface area contributed by atoms with Crippen LogP contribution in [0.25, 0.3) is 28.4 Å². The fourth-order valence-corrected chi connectivity index (χ4v) is 7.29. The number of aliphatic hydroxyl groups is 8. The van der Waals surface area contributed by atoms with Crippen LogP contribution >= 0.6 is 0 Å². The number of hydrogen-bond donors (Lipinski definition) is 12. The van der Waals surface area contributed by atoms with E-state index < -0.39 is 139 Å². The first-order chi connectivity index (χ1) is 30.4. The van der Waals surface area contributed by atoms with Crippen molar-refractivity contribution in [3.05, 3.63) is 82.5 Å². The molecule has 0 saturated carbocycles. The van der Waals surface area contributed by atoms with Crippen molar-refractivity contribution in [1.29, 1.82) is 0 Å². The molecule has 3 fully saturated rings. The average Bonchev–Trinajstić information content (AvgIpc) is 3.26. The molecule has 0 spiro atoms. The van der Waals surface area contributed by atoms with Gasteiger partial charge < -0.3 is 98.9 Å². The third-order valence-electron chi connectivity index (χ3n) is 10.8. The molecule has 22 nitrogen and oxygen atoms in total. The van der Waals surface area contributed by atoms with Gasteiger partial charge in [-0.15, -0.1) is 0 Å². The molecule has 3 aliphatic heterocycles. The van der Waals surface area contributed by atoms with Crippen LogP contribution in [0.3, 0.4) is 0 Å². The highest BCUT2D eigenvalue weighted by Gasteiger charge is 2.54. The van der Waals surface area contributed by atoms with Crippen LogP contribution in [0.2, 0.25) is 0 Å². The van der Waals surface area contributed by atoms with Gasteiger partial charge in [-0.2, -0.15) is 0 Å². The van der Waals surface area contributed by atoms with Crippen molar-refractivity contribution in [2.75, 3.05) is 13.2 Å². The van der Waals surface area contributed by atoms with Crippen LogP contribution in [-0.2, 0) is 33.2 Å². The number of fused-ring (bicyclic) bond motifs is 1. The highest BCUT2D eigenvalue weighted by Crippen LogP contribution is 2.39. The van der Waals surface area contributed by atoms with E-state index in [2.05, 4.69) is 0 Å². The van der Waals surface area contributed by atoms with Gasteiger partial charge in [0, 0.05) is 23.8 Å². The molecule has 0 aliphatic carbocycles. The van der Waals surface area contributed by atoms with Crippen molar-refractivity contribution in [3.8, 4) is 40.1 Å². The van der Waals surface area contributed by atoms with E-state index in [-0.39, 0.29) is 28.4 Å². The summed E-state index contributed by atoms with van der Waals surface area (Å²) < 4.78 is 46.8. The molecule has 3 aliphatic rings. The second-order valence-electron chi connectivity index (χ2n) is 15.3. The van der Waals surface area contributed by atoms with Crippen LogP contribution in [0.15, 0.2) is 76.0 Å². The lowest BCUT2D eigenvalue weighted by Crippen LogP contribution is -2.67. The van der Waals surface area contributed by atoms with Gasteiger partial charge in [-0.3, -0.25) is 4.79 Å². The van der Waals surface area contributed by atoms with Gasteiger partial charge in [-0.25, -0.2) is 4.79 Å². The third kappa shape index (κ3) is 9.64. The molecule has 4 heterocycles. The third-order valence-corrected chi connectivity index (χ3v) is 10.8. The number of phenols is 4. The van der Waals surface area contributed by atoms with Crippen LogP contribution in [0, 0.1) is 0 Å². The van der Waals surface area contributed by atoms with E-state index in [4.69, 9.17) is 37.6 Å². The number of ether oxygens (including phenoxy) is 7. The summed E-state index contributed by atoms with van der Waals surface area (Å²) in [6.07, 6.45) is -25.5. The summed E-state index contributed by atoms with van der Waals surface area (Å²) in [6.45, 7) is -0.278. The van der Waals surface area contributed by atoms with Crippen molar-refractivity contribution in [2.45, 2.75) is 99.0 Å². The Labute approximate surface area is 361 Å². The normalized spacial score (nSPS) is 33.3. The zero-order valence-electron chi connectivity index (χ0n) is 33.5. The second kappa shape index (κ2) is 19.3. The molecule has 1 aromatic heterocycles. The Morgan fingerprint density at radius 1 is 0.672 bits per heavy atom. The number of aliphatic hydroxyl groups excluding tert-OH is 8. The van der Waals surface area contributed by atoms with Gasteiger partial charge in [-0.05, 0) is 55.0 Å².